The summed E-state index contributed by atoms with van der Waals surface area (Å²) in [5, 5.41) is 19.3. The Morgan fingerprint density at radius 2 is 1.00 bits per heavy atom. The third-order valence-corrected chi connectivity index (χ3v) is 0.664. The van der Waals surface area contributed by atoms with Gasteiger partial charge in [0.15, 0.2) is 0 Å². The summed E-state index contributed by atoms with van der Waals surface area (Å²) in [6.07, 6.45) is -1.73. The third kappa shape index (κ3) is 38.0. The Morgan fingerprint density at radius 1 is 0.909 bits per heavy atom. The molecule has 0 heterocycles. The second-order valence-electron chi connectivity index (χ2n) is 1.61. The first-order valence-corrected chi connectivity index (χ1v) is 2.91. The molecule has 0 aliphatic carbocycles. The minimum absolute atomic E-state index is 0. The average Bonchev–Trinajstić information content (AvgIpc) is 1.89. The largest absolute Gasteiger partial charge is 0.831 e. The van der Waals surface area contributed by atoms with E-state index in [0.717, 1.165) is 0 Å². The zero-order valence-electron chi connectivity index (χ0n) is 7.29. The maximum Gasteiger partial charge on any atom is 0.0340 e. The molecule has 0 rings (SSSR count). The van der Waals surface area contributed by atoms with Crippen LogP contribution in [0.1, 0.15) is 13.8 Å². The maximum absolute atomic E-state index is 9.67. The van der Waals surface area contributed by atoms with Gasteiger partial charge in [-0.25, -0.2) is 0 Å². The van der Waals surface area contributed by atoms with Crippen molar-refractivity contribution in [3.63, 3.8) is 0 Å². The van der Waals surface area contributed by atoms with Crippen molar-refractivity contribution >= 4 is 17.6 Å². The molecule has 0 amide bonds. The molecule has 68 valence electrons. The molecule has 0 spiro atoms. The second-order valence-corrected chi connectivity index (χ2v) is 1.61. The van der Waals surface area contributed by atoms with E-state index in [-0.39, 0.29) is 17.6 Å². The maximum atomic E-state index is 9.67. The van der Waals surface area contributed by atoms with E-state index in [1.165, 1.54) is 28.1 Å². The van der Waals surface area contributed by atoms with Crippen molar-refractivity contribution in [1.82, 2.24) is 0 Å². The summed E-state index contributed by atoms with van der Waals surface area (Å²) in [7, 11) is 2.77. The fourth-order valence-electron chi connectivity index (χ4n) is 0. The van der Waals surface area contributed by atoms with Crippen molar-refractivity contribution < 1.29 is 19.7 Å². The van der Waals surface area contributed by atoms with Gasteiger partial charge in [0, 0.05) is 31.8 Å². The molecule has 0 N–H and O–H groups in total. The Labute approximate surface area is 78.5 Å². The zero-order chi connectivity index (χ0) is 8.57. The van der Waals surface area contributed by atoms with Crippen LogP contribution in [0.4, 0.5) is 0 Å². The van der Waals surface area contributed by atoms with Crippen molar-refractivity contribution in [3.8, 4) is 0 Å². The minimum atomic E-state index is -0.866. The molecular formula is C6H14GeO4-2. The Kier molecular flexibility index (Phi) is 20.6. The topological polar surface area (TPSA) is 64.6 Å². The summed E-state index contributed by atoms with van der Waals surface area (Å²) in [6.45, 7) is 2.89. The van der Waals surface area contributed by atoms with Gasteiger partial charge in [0.25, 0.3) is 0 Å². The van der Waals surface area contributed by atoms with E-state index in [9.17, 15) is 10.2 Å². The van der Waals surface area contributed by atoms with E-state index in [1.807, 2.05) is 0 Å². The molecule has 0 saturated carbocycles. The van der Waals surface area contributed by atoms with Gasteiger partial charge in [0.1, 0.15) is 0 Å². The van der Waals surface area contributed by atoms with Crippen molar-refractivity contribution in [1.29, 1.82) is 0 Å². The number of methoxy groups -OCH3 is 2. The molecule has 2 atom stereocenters. The van der Waals surface area contributed by atoms with Gasteiger partial charge in [0.2, 0.25) is 0 Å². The van der Waals surface area contributed by atoms with E-state index in [1.54, 1.807) is 0 Å². The van der Waals surface area contributed by atoms with Crippen molar-refractivity contribution in [2.24, 2.45) is 0 Å². The Hall–Kier alpha value is 0.383. The molecule has 5 heteroatoms. The van der Waals surface area contributed by atoms with Gasteiger partial charge in [-0.2, -0.15) is 0 Å². The van der Waals surface area contributed by atoms with Crippen LogP contribution in [0.5, 0.6) is 0 Å². The Bertz CT molecular complexity index is 50.5. The first kappa shape index (κ1) is 17.5. The van der Waals surface area contributed by atoms with Gasteiger partial charge in [-0.3, -0.25) is 0 Å². The molecule has 0 aromatic rings. The summed E-state index contributed by atoms with van der Waals surface area (Å²) in [4.78, 5) is 0. The van der Waals surface area contributed by atoms with E-state index in [4.69, 9.17) is 0 Å². The number of rotatable bonds is 2. The standard InChI is InChI=1S/2C3H7O2.Ge/c2*1-3(4)5-2;/h2*3H,1-2H3;/q2*-1;. The summed E-state index contributed by atoms with van der Waals surface area (Å²) in [5.74, 6) is 0. The van der Waals surface area contributed by atoms with Crippen molar-refractivity contribution in [2.45, 2.75) is 26.4 Å². The van der Waals surface area contributed by atoms with E-state index < -0.39 is 12.6 Å². The number of hydrogen-bond donors (Lipinski definition) is 0. The van der Waals surface area contributed by atoms with Crippen LogP contribution in [-0.2, 0) is 9.47 Å². The molecule has 0 aromatic heterocycles. The average molecular weight is 223 g/mol. The molecule has 0 aliphatic heterocycles. The summed E-state index contributed by atoms with van der Waals surface area (Å²) in [6, 6.07) is 0. The zero-order valence-corrected chi connectivity index (χ0v) is 9.39. The van der Waals surface area contributed by atoms with Gasteiger partial charge < -0.3 is 19.7 Å². The molecule has 0 aliphatic rings. The fraction of sp³-hybridized carbons (Fsp3) is 1.00. The van der Waals surface area contributed by atoms with Gasteiger partial charge in [-0.15, -0.1) is 0 Å². The van der Waals surface area contributed by atoms with Gasteiger partial charge in [-0.1, -0.05) is 13.8 Å². The van der Waals surface area contributed by atoms with Crippen LogP contribution in [0.2, 0.25) is 0 Å². The smallest absolute Gasteiger partial charge is 0.0340 e. The molecule has 0 fully saturated rings. The van der Waals surface area contributed by atoms with Crippen LogP contribution in [0.15, 0.2) is 0 Å². The quantitative estimate of drug-likeness (QED) is 0.413. The van der Waals surface area contributed by atoms with Crippen LogP contribution in [0, 0.1) is 0 Å². The summed E-state index contributed by atoms with van der Waals surface area (Å²) in [5.41, 5.74) is 0. The molecular weight excluding hydrogens is 209 g/mol. The summed E-state index contributed by atoms with van der Waals surface area (Å²) >= 11 is 0. The van der Waals surface area contributed by atoms with Gasteiger partial charge in [0.05, 0.1) is 0 Å². The van der Waals surface area contributed by atoms with Gasteiger partial charge >= 0.3 is 0 Å². The SMILES string of the molecule is COC(C)[O-].COC(C)[O-].[Ge]. The normalized spacial score (nSPS) is 13.6. The van der Waals surface area contributed by atoms with Crippen LogP contribution in [-0.4, -0.2) is 44.4 Å². The van der Waals surface area contributed by atoms with E-state index in [0.29, 0.717) is 0 Å². The van der Waals surface area contributed by atoms with Crippen LogP contribution < -0.4 is 10.2 Å². The summed E-state index contributed by atoms with van der Waals surface area (Å²) < 4.78 is 8.39. The van der Waals surface area contributed by atoms with Gasteiger partial charge in [-0.05, 0) is 12.6 Å². The fourth-order valence-corrected chi connectivity index (χ4v) is 0. The van der Waals surface area contributed by atoms with Crippen molar-refractivity contribution in [3.05, 3.63) is 0 Å². The van der Waals surface area contributed by atoms with Crippen LogP contribution in [0.3, 0.4) is 0 Å². The second kappa shape index (κ2) is 13.0. The molecule has 0 bridgehead atoms. The first-order valence-electron chi connectivity index (χ1n) is 2.91. The minimum Gasteiger partial charge on any atom is -0.831 e. The molecule has 0 aromatic carbocycles. The van der Waals surface area contributed by atoms with E-state index in [2.05, 4.69) is 9.47 Å². The first-order chi connectivity index (χ1) is 4.54. The molecule has 2 unspecified atom stereocenters. The Balaban J connectivity index is -0.000000107. The van der Waals surface area contributed by atoms with E-state index >= 15 is 0 Å². The monoisotopic (exact) mass is 224 g/mol. The molecule has 4 nitrogen and oxygen atoms in total. The van der Waals surface area contributed by atoms with Crippen molar-refractivity contribution in [2.75, 3.05) is 14.2 Å². The number of ether oxygens (including phenoxy) is 2. The third-order valence-electron chi connectivity index (χ3n) is 0.664. The molecule has 11 heavy (non-hydrogen) atoms. The predicted octanol–water partition coefficient (Wildman–Crippen LogP) is -1.70. The van der Waals surface area contributed by atoms with Crippen LogP contribution in [0.25, 0.3) is 0 Å². The van der Waals surface area contributed by atoms with Crippen LogP contribution >= 0.6 is 0 Å². The molecule has 4 radical (unpaired) electrons. The number of hydrogen-bond acceptors (Lipinski definition) is 4. The molecule has 0 saturated heterocycles. The Morgan fingerprint density at radius 3 is 1.00 bits per heavy atom. The predicted molar refractivity (Wildman–Crippen MR) is 38.7 cm³/mol.